The van der Waals surface area contributed by atoms with Crippen LogP contribution in [0.4, 0.5) is 0 Å². The van der Waals surface area contributed by atoms with Gasteiger partial charge in [0.2, 0.25) is 5.91 Å². The van der Waals surface area contributed by atoms with Gasteiger partial charge < -0.3 is 10.4 Å². The standard InChI is InChI=1S/C18H24N2O4/c1-4-12(2)18(3,24)11-19-15(21)9-10-20-16(22)13-7-5-6-8-14(13)17(20)23/h5-8,12,24H,4,9-11H2,1-3H3,(H,19,21)/t12-,18+/m1/s1. The SMILES string of the molecule is CC[C@@H](C)[C@@](C)(O)CNC(=O)CCN1C(=O)c2ccccc2C1=O. The Labute approximate surface area is 141 Å². The second-order valence-corrected chi connectivity index (χ2v) is 6.50. The first kappa shape index (κ1) is 18.1. The second kappa shape index (κ2) is 7.13. The second-order valence-electron chi connectivity index (χ2n) is 6.50. The summed E-state index contributed by atoms with van der Waals surface area (Å²) in [6, 6.07) is 6.63. The average Bonchev–Trinajstić information content (AvgIpc) is 2.82. The fourth-order valence-corrected chi connectivity index (χ4v) is 2.64. The summed E-state index contributed by atoms with van der Waals surface area (Å²) < 4.78 is 0. The van der Waals surface area contributed by atoms with E-state index in [1.165, 1.54) is 0 Å². The number of rotatable bonds is 7. The van der Waals surface area contributed by atoms with Gasteiger partial charge in [0.25, 0.3) is 11.8 Å². The van der Waals surface area contributed by atoms with Crippen LogP contribution in [0.2, 0.25) is 0 Å². The molecule has 0 radical (unpaired) electrons. The van der Waals surface area contributed by atoms with Gasteiger partial charge in [-0.2, -0.15) is 0 Å². The van der Waals surface area contributed by atoms with Crippen molar-refractivity contribution in [3.63, 3.8) is 0 Å². The fourth-order valence-electron chi connectivity index (χ4n) is 2.64. The number of aliphatic hydroxyl groups is 1. The quantitative estimate of drug-likeness (QED) is 0.742. The Kier molecular flexibility index (Phi) is 5.39. The Bertz CT molecular complexity index is 619. The first-order valence-electron chi connectivity index (χ1n) is 8.22. The summed E-state index contributed by atoms with van der Waals surface area (Å²) in [6.45, 7) is 5.76. The number of nitrogens with one attached hydrogen (secondary N) is 1. The van der Waals surface area contributed by atoms with E-state index in [1.54, 1.807) is 31.2 Å². The van der Waals surface area contributed by atoms with Crippen molar-refractivity contribution < 1.29 is 19.5 Å². The molecule has 0 unspecified atom stereocenters. The molecule has 1 aliphatic heterocycles. The molecule has 6 nitrogen and oxygen atoms in total. The van der Waals surface area contributed by atoms with Crippen LogP contribution in [0.15, 0.2) is 24.3 Å². The van der Waals surface area contributed by atoms with Crippen LogP contribution >= 0.6 is 0 Å². The number of fused-ring (bicyclic) bond motifs is 1. The smallest absolute Gasteiger partial charge is 0.261 e. The Morgan fingerprint density at radius 2 is 1.79 bits per heavy atom. The van der Waals surface area contributed by atoms with Crippen molar-refractivity contribution in [1.82, 2.24) is 10.2 Å². The van der Waals surface area contributed by atoms with E-state index >= 15 is 0 Å². The van der Waals surface area contributed by atoms with Crippen LogP contribution < -0.4 is 5.32 Å². The van der Waals surface area contributed by atoms with Crippen molar-refractivity contribution in [3.8, 4) is 0 Å². The van der Waals surface area contributed by atoms with Crippen LogP contribution in [0.3, 0.4) is 0 Å². The van der Waals surface area contributed by atoms with Gasteiger partial charge in [-0.15, -0.1) is 0 Å². The number of hydrogen-bond acceptors (Lipinski definition) is 4. The van der Waals surface area contributed by atoms with Gasteiger partial charge in [-0.05, 0) is 25.0 Å². The third-order valence-corrected chi connectivity index (χ3v) is 4.76. The maximum atomic E-state index is 12.2. The van der Waals surface area contributed by atoms with Gasteiger partial charge >= 0.3 is 0 Å². The lowest BCUT2D eigenvalue weighted by Gasteiger charge is -2.29. The summed E-state index contributed by atoms with van der Waals surface area (Å²) in [4.78, 5) is 37.5. The summed E-state index contributed by atoms with van der Waals surface area (Å²) >= 11 is 0. The van der Waals surface area contributed by atoms with Crippen molar-refractivity contribution >= 4 is 17.7 Å². The molecule has 0 aliphatic carbocycles. The van der Waals surface area contributed by atoms with Crippen LogP contribution in [0.25, 0.3) is 0 Å². The van der Waals surface area contributed by atoms with Gasteiger partial charge in [0.05, 0.1) is 16.7 Å². The Hall–Kier alpha value is -2.21. The highest BCUT2D eigenvalue weighted by Crippen LogP contribution is 2.22. The molecule has 0 bridgehead atoms. The minimum Gasteiger partial charge on any atom is -0.388 e. The van der Waals surface area contributed by atoms with E-state index in [1.807, 2.05) is 13.8 Å². The molecule has 2 N–H and O–H groups in total. The van der Waals surface area contributed by atoms with Crippen LogP contribution in [-0.2, 0) is 4.79 Å². The molecule has 24 heavy (non-hydrogen) atoms. The molecule has 1 aromatic rings. The monoisotopic (exact) mass is 332 g/mol. The molecule has 0 saturated carbocycles. The number of nitrogens with zero attached hydrogens (tertiary/aromatic N) is 1. The summed E-state index contributed by atoms with van der Waals surface area (Å²) in [6.07, 6.45) is 0.819. The summed E-state index contributed by atoms with van der Waals surface area (Å²) in [5.41, 5.74) is -0.231. The van der Waals surface area contributed by atoms with Crippen LogP contribution in [0.1, 0.15) is 54.3 Å². The van der Waals surface area contributed by atoms with Crippen molar-refractivity contribution in [2.24, 2.45) is 5.92 Å². The summed E-state index contributed by atoms with van der Waals surface area (Å²) in [7, 11) is 0. The first-order valence-corrected chi connectivity index (χ1v) is 8.22. The van der Waals surface area contributed by atoms with E-state index in [0.717, 1.165) is 11.3 Å². The Morgan fingerprint density at radius 1 is 1.25 bits per heavy atom. The molecule has 1 heterocycles. The number of imide groups is 1. The minimum atomic E-state index is -0.986. The highest BCUT2D eigenvalue weighted by molar-refractivity contribution is 6.21. The van der Waals surface area contributed by atoms with Crippen LogP contribution in [0, 0.1) is 5.92 Å². The van der Waals surface area contributed by atoms with Crippen LogP contribution in [-0.4, -0.2) is 46.4 Å². The van der Waals surface area contributed by atoms with E-state index in [4.69, 9.17) is 0 Å². The summed E-state index contributed by atoms with van der Waals surface area (Å²) in [5, 5.41) is 13.0. The predicted molar refractivity (Wildman–Crippen MR) is 89.5 cm³/mol. The van der Waals surface area contributed by atoms with Crippen molar-refractivity contribution in [2.75, 3.05) is 13.1 Å². The van der Waals surface area contributed by atoms with Gasteiger partial charge in [0, 0.05) is 19.5 Å². The molecule has 1 aliphatic rings. The zero-order valence-electron chi connectivity index (χ0n) is 14.3. The van der Waals surface area contributed by atoms with Gasteiger partial charge in [-0.3, -0.25) is 19.3 Å². The summed E-state index contributed by atoms with van der Waals surface area (Å²) in [5.74, 6) is -0.978. The maximum absolute atomic E-state index is 12.2. The maximum Gasteiger partial charge on any atom is 0.261 e. The number of benzene rings is 1. The van der Waals surface area contributed by atoms with Gasteiger partial charge in [-0.25, -0.2) is 0 Å². The number of carbonyl (C=O) groups is 3. The molecule has 1 aromatic carbocycles. The van der Waals surface area contributed by atoms with Gasteiger partial charge in [-0.1, -0.05) is 32.4 Å². The molecular formula is C18H24N2O4. The van der Waals surface area contributed by atoms with E-state index in [2.05, 4.69) is 5.32 Å². The predicted octanol–water partition coefficient (Wildman–Crippen LogP) is 1.59. The molecule has 0 fully saturated rings. The van der Waals surface area contributed by atoms with Crippen molar-refractivity contribution in [3.05, 3.63) is 35.4 Å². The van der Waals surface area contributed by atoms with Gasteiger partial charge in [0.1, 0.15) is 0 Å². The van der Waals surface area contributed by atoms with Crippen molar-refractivity contribution in [1.29, 1.82) is 0 Å². The third-order valence-electron chi connectivity index (χ3n) is 4.76. The molecule has 0 saturated heterocycles. The van der Waals surface area contributed by atoms with E-state index in [0.29, 0.717) is 11.1 Å². The van der Waals surface area contributed by atoms with Crippen LogP contribution in [0.5, 0.6) is 0 Å². The number of hydrogen-bond donors (Lipinski definition) is 2. The molecule has 0 spiro atoms. The normalized spacial score (nSPS) is 17.4. The molecular weight excluding hydrogens is 308 g/mol. The molecule has 3 amide bonds. The molecule has 130 valence electrons. The molecule has 0 aromatic heterocycles. The lowest BCUT2D eigenvalue weighted by atomic mass is 9.88. The number of carbonyl (C=O) groups excluding carboxylic acids is 3. The lowest BCUT2D eigenvalue weighted by Crippen LogP contribution is -2.45. The van der Waals surface area contributed by atoms with E-state index in [9.17, 15) is 19.5 Å². The molecule has 6 heteroatoms. The Balaban J connectivity index is 1.87. The van der Waals surface area contributed by atoms with Gasteiger partial charge in [0.15, 0.2) is 0 Å². The van der Waals surface area contributed by atoms with E-state index in [-0.39, 0.29) is 43.1 Å². The third kappa shape index (κ3) is 3.64. The highest BCUT2D eigenvalue weighted by Gasteiger charge is 2.35. The topological polar surface area (TPSA) is 86.7 Å². The largest absolute Gasteiger partial charge is 0.388 e. The first-order chi connectivity index (χ1) is 11.3. The minimum absolute atomic E-state index is 0.0159. The number of amides is 3. The average molecular weight is 332 g/mol. The van der Waals surface area contributed by atoms with E-state index < -0.39 is 5.60 Å². The lowest BCUT2D eigenvalue weighted by molar-refractivity contribution is -0.122. The van der Waals surface area contributed by atoms with Crippen molar-refractivity contribution in [2.45, 2.75) is 39.2 Å². The zero-order valence-corrected chi connectivity index (χ0v) is 14.3. The fraction of sp³-hybridized carbons (Fsp3) is 0.500. The Morgan fingerprint density at radius 3 is 2.29 bits per heavy atom. The molecule has 2 rings (SSSR count). The zero-order chi connectivity index (χ0) is 17.9. The highest BCUT2D eigenvalue weighted by atomic mass is 16.3. The molecule has 2 atom stereocenters.